The van der Waals surface area contributed by atoms with Gasteiger partial charge in [0, 0.05) is 40.8 Å². The molecule has 1 amide bonds. The number of hydrogen-bond donors (Lipinski definition) is 1. The van der Waals surface area contributed by atoms with Crippen molar-refractivity contribution in [2.24, 2.45) is 0 Å². The highest BCUT2D eigenvalue weighted by Gasteiger charge is 2.34. The molecule has 2 aromatic heterocycles. The molecular formula is C30H27N3O5. The van der Waals surface area contributed by atoms with Gasteiger partial charge in [-0.3, -0.25) is 9.88 Å². The first-order chi connectivity index (χ1) is 18.7. The topological polar surface area (TPSA) is 85.9 Å². The number of nitrogens with zero attached hydrogens (tertiary/aromatic N) is 2. The molecule has 0 bridgehead atoms. The molecule has 1 fully saturated rings. The van der Waals surface area contributed by atoms with Crippen LogP contribution in [-0.4, -0.2) is 40.8 Å². The van der Waals surface area contributed by atoms with Gasteiger partial charge < -0.3 is 23.9 Å². The molecule has 1 saturated carbocycles. The first kappa shape index (κ1) is 23.7. The Morgan fingerprint density at radius 3 is 2.68 bits per heavy atom. The number of carbonyl (C=O) groups is 1. The molecule has 5 aromatic rings. The van der Waals surface area contributed by atoms with Gasteiger partial charge >= 0.3 is 6.09 Å². The van der Waals surface area contributed by atoms with E-state index in [9.17, 15) is 4.79 Å². The summed E-state index contributed by atoms with van der Waals surface area (Å²) in [6.07, 6.45) is 5.05. The summed E-state index contributed by atoms with van der Waals surface area (Å²) in [4.78, 5) is 22.1. The molecule has 1 aliphatic carbocycles. The lowest BCUT2D eigenvalue weighted by Crippen LogP contribution is -2.36. The maximum Gasteiger partial charge on any atom is 0.413 e. The quantitative estimate of drug-likeness (QED) is 0.224. The number of methoxy groups -OCH3 is 1. The van der Waals surface area contributed by atoms with Gasteiger partial charge in [-0.05, 0) is 54.8 Å². The van der Waals surface area contributed by atoms with Crippen LogP contribution in [0, 0.1) is 0 Å². The van der Waals surface area contributed by atoms with E-state index in [4.69, 9.17) is 18.9 Å². The van der Waals surface area contributed by atoms with E-state index in [-0.39, 0.29) is 19.4 Å². The van der Waals surface area contributed by atoms with Gasteiger partial charge in [0.15, 0.2) is 18.2 Å². The number of benzene rings is 3. The smallest absolute Gasteiger partial charge is 0.413 e. The molecule has 38 heavy (non-hydrogen) atoms. The Balaban J connectivity index is 1.19. The van der Waals surface area contributed by atoms with Crippen LogP contribution in [0.15, 0.2) is 85.2 Å². The molecular weight excluding hydrogens is 482 g/mol. The van der Waals surface area contributed by atoms with E-state index in [0.29, 0.717) is 22.8 Å². The highest BCUT2D eigenvalue weighted by atomic mass is 16.6. The summed E-state index contributed by atoms with van der Waals surface area (Å²) in [7, 11) is 1.58. The lowest BCUT2D eigenvalue weighted by molar-refractivity contribution is 0.0607. The van der Waals surface area contributed by atoms with E-state index in [2.05, 4.69) is 9.97 Å². The van der Waals surface area contributed by atoms with E-state index < -0.39 is 6.09 Å². The van der Waals surface area contributed by atoms with E-state index in [1.165, 1.54) is 0 Å². The summed E-state index contributed by atoms with van der Waals surface area (Å²) >= 11 is 0. The standard InChI is InChI=1S/C30H27N3O5/c1-35-28-16-24-26(32-14-12-27(24)38-23-9-10-25-21(15-23)11-13-31-25)17-29(28)37-19-33(22-7-8-22)30(34)36-18-20-5-3-2-4-6-20/h2-6,9-17,22,31H,7-8,18-19H2,1H3. The zero-order chi connectivity index (χ0) is 25.9. The maximum absolute atomic E-state index is 12.8. The Morgan fingerprint density at radius 1 is 1.00 bits per heavy atom. The Morgan fingerprint density at radius 2 is 1.87 bits per heavy atom. The molecule has 0 aliphatic heterocycles. The molecule has 6 rings (SSSR count). The Bertz CT molecular complexity index is 1580. The van der Waals surface area contributed by atoms with Crippen molar-refractivity contribution in [3.63, 3.8) is 0 Å². The van der Waals surface area contributed by atoms with Gasteiger partial charge in [-0.15, -0.1) is 0 Å². The highest BCUT2D eigenvalue weighted by molar-refractivity contribution is 5.88. The molecule has 0 atom stereocenters. The summed E-state index contributed by atoms with van der Waals surface area (Å²) < 4.78 is 23.5. The third kappa shape index (κ3) is 5.06. The first-order valence-electron chi connectivity index (χ1n) is 12.5. The summed E-state index contributed by atoms with van der Waals surface area (Å²) in [5.41, 5.74) is 2.67. The van der Waals surface area contributed by atoms with Crippen LogP contribution in [0.5, 0.6) is 23.0 Å². The number of fused-ring (bicyclic) bond motifs is 2. The lowest BCUT2D eigenvalue weighted by Gasteiger charge is -2.23. The van der Waals surface area contributed by atoms with Crippen molar-refractivity contribution in [2.45, 2.75) is 25.5 Å². The molecule has 3 aromatic carbocycles. The number of amides is 1. The van der Waals surface area contributed by atoms with Gasteiger partial charge in [0.05, 0.1) is 12.6 Å². The molecule has 0 radical (unpaired) electrons. The molecule has 2 heterocycles. The Hall–Kier alpha value is -4.72. The summed E-state index contributed by atoms with van der Waals surface area (Å²) in [5.74, 6) is 2.38. The highest BCUT2D eigenvalue weighted by Crippen LogP contribution is 2.38. The van der Waals surface area contributed by atoms with E-state index in [1.807, 2.05) is 72.9 Å². The minimum atomic E-state index is -0.399. The van der Waals surface area contributed by atoms with E-state index >= 15 is 0 Å². The van der Waals surface area contributed by atoms with Crippen LogP contribution >= 0.6 is 0 Å². The SMILES string of the molecule is COc1cc2c(Oc3ccc4[nH]ccc4c3)ccnc2cc1OCN(C(=O)OCc1ccccc1)C1CC1. The molecule has 0 spiro atoms. The predicted octanol–water partition coefficient (Wildman–Crippen LogP) is 6.65. The lowest BCUT2D eigenvalue weighted by atomic mass is 10.1. The molecule has 0 saturated heterocycles. The summed E-state index contributed by atoms with van der Waals surface area (Å²) in [6.45, 7) is 0.263. The number of pyridine rings is 1. The number of carbonyl (C=O) groups excluding carboxylic acids is 1. The van der Waals surface area contributed by atoms with Crippen molar-refractivity contribution >= 4 is 27.9 Å². The second kappa shape index (κ2) is 10.3. The van der Waals surface area contributed by atoms with Crippen LogP contribution in [0.4, 0.5) is 4.79 Å². The number of ether oxygens (including phenoxy) is 4. The minimum Gasteiger partial charge on any atom is -0.493 e. The third-order valence-electron chi connectivity index (χ3n) is 6.53. The number of aromatic amines is 1. The normalized spacial score (nSPS) is 12.9. The van der Waals surface area contributed by atoms with Gasteiger partial charge in [-0.25, -0.2) is 4.79 Å². The maximum atomic E-state index is 12.8. The van der Waals surface area contributed by atoms with Gasteiger partial charge in [0.25, 0.3) is 0 Å². The van der Waals surface area contributed by atoms with Gasteiger partial charge in [-0.1, -0.05) is 30.3 Å². The summed E-state index contributed by atoms with van der Waals surface area (Å²) in [5, 5.41) is 1.85. The minimum absolute atomic E-state index is 0.0486. The van der Waals surface area contributed by atoms with Crippen molar-refractivity contribution in [1.82, 2.24) is 14.9 Å². The fraction of sp³-hybridized carbons (Fsp3) is 0.200. The number of H-pyrrole nitrogens is 1. The second-order valence-corrected chi connectivity index (χ2v) is 9.17. The Labute approximate surface area is 219 Å². The van der Waals surface area contributed by atoms with Crippen LogP contribution < -0.4 is 14.2 Å². The second-order valence-electron chi connectivity index (χ2n) is 9.17. The zero-order valence-electron chi connectivity index (χ0n) is 20.9. The van der Waals surface area contributed by atoms with Crippen LogP contribution in [0.3, 0.4) is 0 Å². The first-order valence-corrected chi connectivity index (χ1v) is 12.5. The van der Waals surface area contributed by atoms with Gasteiger partial charge in [0.2, 0.25) is 0 Å². The van der Waals surface area contributed by atoms with Crippen LogP contribution in [-0.2, 0) is 11.3 Å². The van der Waals surface area contributed by atoms with Crippen molar-refractivity contribution < 1.29 is 23.7 Å². The summed E-state index contributed by atoms with van der Waals surface area (Å²) in [6, 6.07) is 23.1. The number of aromatic nitrogens is 2. The molecule has 1 N–H and O–H groups in total. The van der Waals surface area contributed by atoms with Crippen LogP contribution in [0.2, 0.25) is 0 Å². The van der Waals surface area contributed by atoms with Crippen molar-refractivity contribution in [1.29, 1.82) is 0 Å². The van der Waals surface area contributed by atoms with E-state index in [1.54, 1.807) is 24.3 Å². The zero-order valence-corrected chi connectivity index (χ0v) is 20.9. The third-order valence-corrected chi connectivity index (χ3v) is 6.53. The predicted molar refractivity (Wildman–Crippen MR) is 144 cm³/mol. The van der Waals surface area contributed by atoms with Crippen LogP contribution in [0.25, 0.3) is 21.8 Å². The van der Waals surface area contributed by atoms with Crippen molar-refractivity contribution in [3.05, 3.63) is 90.8 Å². The molecule has 0 unspecified atom stereocenters. The largest absolute Gasteiger partial charge is 0.493 e. The average Bonchev–Trinajstić information content (AvgIpc) is 3.68. The number of nitrogens with one attached hydrogen (secondary N) is 1. The van der Waals surface area contributed by atoms with Gasteiger partial charge in [0.1, 0.15) is 18.1 Å². The fourth-order valence-corrected chi connectivity index (χ4v) is 4.35. The van der Waals surface area contributed by atoms with Crippen molar-refractivity contribution in [3.8, 4) is 23.0 Å². The average molecular weight is 510 g/mol. The van der Waals surface area contributed by atoms with Crippen molar-refractivity contribution in [2.75, 3.05) is 13.8 Å². The molecule has 1 aliphatic rings. The van der Waals surface area contributed by atoms with Crippen LogP contribution in [0.1, 0.15) is 18.4 Å². The molecule has 192 valence electrons. The van der Waals surface area contributed by atoms with E-state index in [0.717, 1.165) is 40.4 Å². The number of rotatable bonds is 9. The molecule has 8 heteroatoms. The number of hydrogen-bond acceptors (Lipinski definition) is 6. The molecule has 8 nitrogen and oxygen atoms in total. The van der Waals surface area contributed by atoms with Gasteiger partial charge in [-0.2, -0.15) is 0 Å². The Kier molecular flexibility index (Phi) is 6.44. The monoisotopic (exact) mass is 509 g/mol. The fourth-order valence-electron chi connectivity index (χ4n) is 4.35.